The first-order valence-electron chi connectivity index (χ1n) is 4.96. The van der Waals surface area contributed by atoms with Crippen molar-refractivity contribution in [3.05, 3.63) is 29.3 Å². The van der Waals surface area contributed by atoms with Crippen LogP contribution >= 0.6 is 0 Å². The minimum atomic E-state index is -0.227. The minimum absolute atomic E-state index is 0.121. The van der Waals surface area contributed by atoms with Crippen molar-refractivity contribution in [2.75, 3.05) is 0 Å². The maximum Gasteiger partial charge on any atom is 0.308 e. The molecule has 0 aliphatic heterocycles. The number of carbonyl (C=O) groups is 1. The third kappa shape index (κ3) is 3.27. The van der Waals surface area contributed by atoms with Crippen molar-refractivity contribution in [1.82, 2.24) is 0 Å². The smallest absolute Gasteiger partial charge is 0.308 e. The second kappa shape index (κ2) is 4.82. The van der Waals surface area contributed by atoms with Crippen LogP contribution in [-0.4, -0.2) is 11.1 Å². The molecule has 0 heterocycles. The molecule has 82 valence electrons. The molecule has 0 radical (unpaired) electrons. The molecule has 0 unspecified atom stereocenters. The highest BCUT2D eigenvalue weighted by Crippen LogP contribution is 2.18. The molecule has 3 heteroatoms. The van der Waals surface area contributed by atoms with E-state index in [1.807, 2.05) is 13.0 Å². The summed E-state index contributed by atoms with van der Waals surface area (Å²) in [5.41, 5.74) is 1.61. The van der Waals surface area contributed by atoms with Crippen LogP contribution in [0.4, 0.5) is 0 Å². The lowest BCUT2D eigenvalue weighted by molar-refractivity contribution is -0.148. The van der Waals surface area contributed by atoms with Crippen LogP contribution in [0.1, 0.15) is 25.0 Å². The zero-order valence-electron chi connectivity index (χ0n) is 9.28. The Hall–Kier alpha value is -1.51. The van der Waals surface area contributed by atoms with Gasteiger partial charge in [0.1, 0.15) is 12.4 Å². The summed E-state index contributed by atoms with van der Waals surface area (Å²) in [7, 11) is 0. The molecular weight excluding hydrogens is 192 g/mol. The van der Waals surface area contributed by atoms with Gasteiger partial charge in [-0.15, -0.1) is 0 Å². The van der Waals surface area contributed by atoms with Crippen LogP contribution < -0.4 is 0 Å². The average Bonchev–Trinajstić information content (AvgIpc) is 2.19. The molecule has 0 aromatic heterocycles. The minimum Gasteiger partial charge on any atom is -0.508 e. The van der Waals surface area contributed by atoms with Crippen LogP contribution in [-0.2, 0) is 16.1 Å². The normalized spacial score (nSPS) is 10.4. The first-order valence-corrected chi connectivity index (χ1v) is 4.96. The van der Waals surface area contributed by atoms with Gasteiger partial charge in [-0.1, -0.05) is 26.0 Å². The topological polar surface area (TPSA) is 46.5 Å². The molecule has 1 aromatic carbocycles. The first kappa shape index (κ1) is 11.6. The maximum atomic E-state index is 11.2. The van der Waals surface area contributed by atoms with Gasteiger partial charge in [-0.05, 0) is 24.1 Å². The summed E-state index contributed by atoms with van der Waals surface area (Å²) in [5.74, 6) is -0.118. The van der Waals surface area contributed by atoms with Gasteiger partial charge in [-0.25, -0.2) is 0 Å². The second-order valence-electron chi connectivity index (χ2n) is 3.88. The van der Waals surface area contributed by atoms with Gasteiger partial charge in [-0.3, -0.25) is 4.79 Å². The number of hydrogen-bond donors (Lipinski definition) is 1. The summed E-state index contributed by atoms with van der Waals surface area (Å²) in [4.78, 5) is 11.2. The fourth-order valence-electron chi connectivity index (χ4n) is 1.07. The van der Waals surface area contributed by atoms with E-state index in [-0.39, 0.29) is 24.2 Å². The molecule has 3 nitrogen and oxygen atoms in total. The van der Waals surface area contributed by atoms with E-state index in [0.717, 1.165) is 11.1 Å². The van der Waals surface area contributed by atoms with Gasteiger partial charge in [-0.2, -0.15) is 0 Å². The molecule has 0 aliphatic rings. The van der Waals surface area contributed by atoms with Crippen LogP contribution in [0.3, 0.4) is 0 Å². The summed E-state index contributed by atoms with van der Waals surface area (Å²) in [6.45, 7) is 5.61. The third-order valence-corrected chi connectivity index (χ3v) is 2.13. The summed E-state index contributed by atoms with van der Waals surface area (Å²) in [6, 6.07) is 5.25. The Balaban J connectivity index is 2.58. The Bertz CT molecular complexity index is 356. The highest BCUT2D eigenvalue weighted by molar-refractivity contribution is 5.71. The molecule has 1 aromatic rings. The van der Waals surface area contributed by atoms with Gasteiger partial charge in [0.25, 0.3) is 0 Å². The zero-order valence-corrected chi connectivity index (χ0v) is 9.28. The van der Waals surface area contributed by atoms with Crippen molar-refractivity contribution < 1.29 is 14.6 Å². The quantitative estimate of drug-likeness (QED) is 0.776. The molecule has 1 rings (SSSR count). The number of aryl methyl sites for hydroxylation is 1. The van der Waals surface area contributed by atoms with Gasteiger partial charge >= 0.3 is 5.97 Å². The zero-order chi connectivity index (χ0) is 11.4. The number of phenols is 1. The van der Waals surface area contributed by atoms with E-state index in [4.69, 9.17) is 4.74 Å². The van der Waals surface area contributed by atoms with Crippen molar-refractivity contribution >= 4 is 5.97 Å². The molecule has 0 aliphatic carbocycles. The van der Waals surface area contributed by atoms with E-state index in [2.05, 4.69) is 0 Å². The summed E-state index contributed by atoms with van der Waals surface area (Å²) in [6.07, 6.45) is 0. The molecule has 0 amide bonds. The number of ether oxygens (including phenoxy) is 1. The fraction of sp³-hybridized carbons (Fsp3) is 0.417. The van der Waals surface area contributed by atoms with Crippen molar-refractivity contribution in [2.24, 2.45) is 5.92 Å². The standard InChI is InChI=1S/C12H16O3/c1-8(2)12(14)15-7-10-5-4-9(3)11(13)6-10/h4-6,8,13H,7H2,1-3H3. The van der Waals surface area contributed by atoms with Gasteiger partial charge in [0.15, 0.2) is 0 Å². The van der Waals surface area contributed by atoms with E-state index in [9.17, 15) is 9.90 Å². The predicted octanol–water partition coefficient (Wildman–Crippen LogP) is 2.40. The van der Waals surface area contributed by atoms with E-state index in [1.165, 1.54) is 0 Å². The Morgan fingerprint density at radius 1 is 1.47 bits per heavy atom. The van der Waals surface area contributed by atoms with Crippen LogP contribution in [0.5, 0.6) is 5.75 Å². The van der Waals surface area contributed by atoms with Crippen LogP contribution in [0, 0.1) is 12.8 Å². The number of aromatic hydroxyl groups is 1. The Labute approximate surface area is 89.7 Å². The van der Waals surface area contributed by atoms with E-state index in [0.29, 0.717) is 0 Å². The highest BCUT2D eigenvalue weighted by atomic mass is 16.5. The molecule has 15 heavy (non-hydrogen) atoms. The van der Waals surface area contributed by atoms with E-state index < -0.39 is 0 Å². The van der Waals surface area contributed by atoms with Crippen LogP contribution in [0.2, 0.25) is 0 Å². The summed E-state index contributed by atoms with van der Waals surface area (Å²) in [5, 5.41) is 9.43. The van der Waals surface area contributed by atoms with Gasteiger partial charge in [0.05, 0.1) is 5.92 Å². The number of phenolic OH excluding ortho intramolecular Hbond substituents is 1. The molecule has 0 spiro atoms. The Morgan fingerprint density at radius 3 is 2.67 bits per heavy atom. The Kier molecular flexibility index (Phi) is 3.72. The fourth-order valence-corrected chi connectivity index (χ4v) is 1.07. The monoisotopic (exact) mass is 208 g/mol. The van der Waals surface area contributed by atoms with E-state index in [1.54, 1.807) is 26.0 Å². The molecule has 1 N–H and O–H groups in total. The largest absolute Gasteiger partial charge is 0.508 e. The van der Waals surface area contributed by atoms with Crippen LogP contribution in [0.15, 0.2) is 18.2 Å². The molecular formula is C12H16O3. The average molecular weight is 208 g/mol. The predicted molar refractivity (Wildman–Crippen MR) is 57.5 cm³/mol. The number of benzene rings is 1. The van der Waals surface area contributed by atoms with Crippen molar-refractivity contribution in [1.29, 1.82) is 0 Å². The lowest BCUT2D eigenvalue weighted by atomic mass is 10.1. The molecule has 0 saturated heterocycles. The third-order valence-electron chi connectivity index (χ3n) is 2.13. The molecule has 0 saturated carbocycles. The number of hydrogen-bond acceptors (Lipinski definition) is 3. The molecule has 0 atom stereocenters. The van der Waals surface area contributed by atoms with Crippen molar-refractivity contribution in [3.63, 3.8) is 0 Å². The number of rotatable bonds is 3. The number of esters is 1. The van der Waals surface area contributed by atoms with Gasteiger partial charge in [0, 0.05) is 0 Å². The highest BCUT2D eigenvalue weighted by Gasteiger charge is 2.08. The second-order valence-corrected chi connectivity index (χ2v) is 3.88. The van der Waals surface area contributed by atoms with Crippen molar-refractivity contribution in [2.45, 2.75) is 27.4 Å². The van der Waals surface area contributed by atoms with Crippen molar-refractivity contribution in [3.8, 4) is 5.75 Å². The first-order chi connectivity index (χ1) is 7.00. The maximum absolute atomic E-state index is 11.2. The lowest BCUT2D eigenvalue weighted by Crippen LogP contribution is -2.11. The Morgan fingerprint density at radius 2 is 2.13 bits per heavy atom. The number of carbonyl (C=O) groups excluding carboxylic acids is 1. The van der Waals surface area contributed by atoms with E-state index >= 15 is 0 Å². The molecule has 0 bridgehead atoms. The molecule has 0 fully saturated rings. The van der Waals surface area contributed by atoms with Gasteiger partial charge < -0.3 is 9.84 Å². The SMILES string of the molecule is Cc1ccc(COC(=O)C(C)C)cc1O. The summed E-state index contributed by atoms with van der Waals surface area (Å²) >= 11 is 0. The van der Waals surface area contributed by atoms with Crippen LogP contribution in [0.25, 0.3) is 0 Å². The lowest BCUT2D eigenvalue weighted by Gasteiger charge is -2.08. The summed E-state index contributed by atoms with van der Waals surface area (Å²) < 4.78 is 5.03. The van der Waals surface area contributed by atoms with Gasteiger partial charge in [0.2, 0.25) is 0 Å².